The number of hydrogen-bond donors (Lipinski definition) is 1. The Labute approximate surface area is 100 Å². The van der Waals surface area contributed by atoms with Crippen LogP contribution in [0.5, 0.6) is 0 Å². The maximum absolute atomic E-state index is 10.5. The van der Waals surface area contributed by atoms with Crippen LogP contribution in [0.1, 0.15) is 72.6 Å². The molecule has 0 rings (SSSR count). The molecule has 96 valence electrons. The van der Waals surface area contributed by atoms with Crippen molar-refractivity contribution in [1.29, 1.82) is 0 Å². The molecule has 0 heterocycles. The molecule has 2 nitrogen and oxygen atoms in total. The zero-order valence-electron chi connectivity index (χ0n) is 11.4. The van der Waals surface area contributed by atoms with E-state index >= 15 is 0 Å². The van der Waals surface area contributed by atoms with Crippen molar-refractivity contribution in [1.82, 2.24) is 0 Å². The number of carboxylic acid groups (broad SMARTS) is 1. The maximum Gasteiger partial charge on any atom is 0.303 e. The number of hydrogen-bond acceptors (Lipinski definition) is 1. The van der Waals surface area contributed by atoms with Gasteiger partial charge in [-0.2, -0.15) is 0 Å². The van der Waals surface area contributed by atoms with Crippen molar-refractivity contribution in [2.75, 3.05) is 0 Å². The lowest BCUT2D eigenvalue weighted by Crippen LogP contribution is -2.20. The van der Waals surface area contributed by atoms with Gasteiger partial charge in [0.2, 0.25) is 0 Å². The van der Waals surface area contributed by atoms with Crippen molar-refractivity contribution < 1.29 is 9.90 Å². The molecule has 0 aliphatic heterocycles. The van der Waals surface area contributed by atoms with Gasteiger partial charge in [-0.05, 0) is 30.6 Å². The molecule has 0 aromatic carbocycles. The van der Waals surface area contributed by atoms with Crippen LogP contribution in [0.25, 0.3) is 0 Å². The lowest BCUT2D eigenvalue weighted by atomic mass is 9.73. The van der Waals surface area contributed by atoms with Crippen LogP contribution in [-0.4, -0.2) is 11.1 Å². The van der Waals surface area contributed by atoms with E-state index in [1.165, 1.54) is 25.7 Å². The van der Waals surface area contributed by atoms with Crippen molar-refractivity contribution in [3.05, 3.63) is 0 Å². The summed E-state index contributed by atoms with van der Waals surface area (Å²) in [6.07, 6.45) is 7.08. The van der Waals surface area contributed by atoms with E-state index in [1.807, 2.05) is 0 Å². The van der Waals surface area contributed by atoms with Gasteiger partial charge in [-0.3, -0.25) is 4.79 Å². The first-order valence-electron chi connectivity index (χ1n) is 6.67. The SMILES string of the molecule is CCC(CC)(CCCC(=O)O)CCC(C)C. The standard InChI is InChI=1S/C14H28O2/c1-5-14(6-2,11-9-12(3)4)10-7-8-13(15)16/h12H,5-11H2,1-4H3,(H,15,16). The van der Waals surface area contributed by atoms with Crippen molar-refractivity contribution in [3.63, 3.8) is 0 Å². The third-order valence-electron chi connectivity index (χ3n) is 3.85. The molecule has 0 fully saturated rings. The van der Waals surface area contributed by atoms with Crippen molar-refractivity contribution >= 4 is 5.97 Å². The lowest BCUT2D eigenvalue weighted by Gasteiger charge is -2.32. The van der Waals surface area contributed by atoms with Gasteiger partial charge in [0.15, 0.2) is 0 Å². The Morgan fingerprint density at radius 1 is 1.19 bits per heavy atom. The van der Waals surface area contributed by atoms with Gasteiger partial charge < -0.3 is 5.11 Å². The highest BCUT2D eigenvalue weighted by Gasteiger charge is 2.25. The maximum atomic E-state index is 10.5. The molecule has 0 unspecified atom stereocenters. The quantitative estimate of drug-likeness (QED) is 0.631. The molecule has 0 aromatic rings. The topological polar surface area (TPSA) is 37.3 Å². The van der Waals surface area contributed by atoms with Crippen molar-refractivity contribution in [2.45, 2.75) is 72.6 Å². The van der Waals surface area contributed by atoms with Gasteiger partial charge in [0, 0.05) is 6.42 Å². The Morgan fingerprint density at radius 2 is 1.75 bits per heavy atom. The van der Waals surface area contributed by atoms with Crippen LogP contribution in [0.3, 0.4) is 0 Å². The first-order valence-corrected chi connectivity index (χ1v) is 6.67. The molecule has 0 atom stereocenters. The van der Waals surface area contributed by atoms with Crippen LogP contribution in [0.2, 0.25) is 0 Å². The highest BCUT2D eigenvalue weighted by atomic mass is 16.4. The van der Waals surface area contributed by atoms with E-state index in [1.54, 1.807) is 0 Å². The minimum atomic E-state index is -0.662. The monoisotopic (exact) mass is 228 g/mol. The molecular weight excluding hydrogens is 200 g/mol. The predicted octanol–water partition coefficient (Wildman–Crippen LogP) is 4.48. The zero-order valence-corrected chi connectivity index (χ0v) is 11.4. The molecule has 0 saturated carbocycles. The normalized spacial score (nSPS) is 12.1. The molecule has 0 aliphatic carbocycles. The van der Waals surface area contributed by atoms with Crippen LogP contribution < -0.4 is 0 Å². The van der Waals surface area contributed by atoms with Crippen LogP contribution in [0.15, 0.2) is 0 Å². The Bertz CT molecular complexity index is 193. The highest BCUT2D eigenvalue weighted by Crippen LogP contribution is 2.38. The molecule has 0 aliphatic rings. The summed E-state index contributed by atoms with van der Waals surface area (Å²) in [5.74, 6) is 0.0851. The van der Waals surface area contributed by atoms with Crippen LogP contribution in [0, 0.1) is 11.3 Å². The van der Waals surface area contributed by atoms with Gasteiger partial charge in [-0.15, -0.1) is 0 Å². The van der Waals surface area contributed by atoms with Gasteiger partial charge in [-0.25, -0.2) is 0 Å². The van der Waals surface area contributed by atoms with E-state index in [4.69, 9.17) is 5.11 Å². The molecular formula is C14H28O2. The van der Waals surface area contributed by atoms with E-state index in [9.17, 15) is 4.79 Å². The average Bonchev–Trinajstić information content (AvgIpc) is 2.23. The number of carbonyl (C=O) groups is 1. The smallest absolute Gasteiger partial charge is 0.303 e. The molecule has 2 heteroatoms. The molecule has 0 bridgehead atoms. The minimum Gasteiger partial charge on any atom is -0.481 e. The molecule has 1 N–H and O–H groups in total. The van der Waals surface area contributed by atoms with E-state index in [0.29, 0.717) is 11.8 Å². The molecule has 0 aromatic heterocycles. The zero-order chi connectivity index (χ0) is 12.6. The Kier molecular flexibility index (Phi) is 7.44. The lowest BCUT2D eigenvalue weighted by molar-refractivity contribution is -0.137. The van der Waals surface area contributed by atoms with Gasteiger partial charge in [0.05, 0.1) is 0 Å². The molecule has 0 spiro atoms. The summed E-state index contributed by atoms with van der Waals surface area (Å²) in [6, 6.07) is 0. The van der Waals surface area contributed by atoms with E-state index in [-0.39, 0.29) is 0 Å². The predicted molar refractivity (Wildman–Crippen MR) is 68.6 cm³/mol. The van der Waals surface area contributed by atoms with Gasteiger partial charge in [0.1, 0.15) is 0 Å². The van der Waals surface area contributed by atoms with E-state index in [0.717, 1.165) is 18.8 Å². The number of rotatable bonds is 9. The molecule has 0 radical (unpaired) electrons. The Hall–Kier alpha value is -0.530. The molecule has 0 amide bonds. The van der Waals surface area contributed by atoms with Crippen LogP contribution in [0.4, 0.5) is 0 Å². The summed E-state index contributed by atoms with van der Waals surface area (Å²) in [5, 5.41) is 8.67. The van der Waals surface area contributed by atoms with Crippen LogP contribution in [-0.2, 0) is 4.79 Å². The summed E-state index contributed by atoms with van der Waals surface area (Å²) in [6.45, 7) is 9.00. The summed E-state index contributed by atoms with van der Waals surface area (Å²) in [4.78, 5) is 10.5. The summed E-state index contributed by atoms with van der Waals surface area (Å²) in [7, 11) is 0. The first-order chi connectivity index (χ1) is 7.45. The minimum absolute atomic E-state index is 0.323. The average molecular weight is 228 g/mol. The second-order valence-electron chi connectivity index (χ2n) is 5.39. The molecule has 0 saturated heterocycles. The van der Waals surface area contributed by atoms with E-state index in [2.05, 4.69) is 27.7 Å². The number of aliphatic carboxylic acids is 1. The summed E-state index contributed by atoms with van der Waals surface area (Å²) < 4.78 is 0. The summed E-state index contributed by atoms with van der Waals surface area (Å²) >= 11 is 0. The fraction of sp³-hybridized carbons (Fsp3) is 0.929. The van der Waals surface area contributed by atoms with Gasteiger partial charge in [-0.1, -0.05) is 47.0 Å². The second kappa shape index (κ2) is 7.70. The van der Waals surface area contributed by atoms with Gasteiger partial charge >= 0.3 is 5.97 Å². The molecule has 16 heavy (non-hydrogen) atoms. The van der Waals surface area contributed by atoms with E-state index < -0.39 is 5.97 Å². The third-order valence-corrected chi connectivity index (χ3v) is 3.85. The fourth-order valence-electron chi connectivity index (χ4n) is 2.29. The highest BCUT2D eigenvalue weighted by molar-refractivity contribution is 5.66. The second-order valence-corrected chi connectivity index (χ2v) is 5.39. The third kappa shape index (κ3) is 6.14. The Morgan fingerprint density at radius 3 is 2.12 bits per heavy atom. The van der Waals surface area contributed by atoms with Crippen molar-refractivity contribution in [2.24, 2.45) is 11.3 Å². The Balaban J connectivity index is 4.15. The van der Waals surface area contributed by atoms with Crippen LogP contribution >= 0.6 is 0 Å². The largest absolute Gasteiger partial charge is 0.481 e. The fourth-order valence-corrected chi connectivity index (χ4v) is 2.29. The van der Waals surface area contributed by atoms with Crippen molar-refractivity contribution in [3.8, 4) is 0 Å². The first kappa shape index (κ1) is 15.5. The van der Waals surface area contributed by atoms with Gasteiger partial charge in [0.25, 0.3) is 0 Å². The number of carboxylic acids is 1. The summed E-state index contributed by atoms with van der Waals surface area (Å²) in [5.41, 5.74) is 0.389.